The zero-order chi connectivity index (χ0) is 7.40. The second-order valence-electron chi connectivity index (χ2n) is 2.15. The number of hydrogen-bond donors (Lipinski definition) is 2. The van der Waals surface area contributed by atoms with E-state index < -0.39 is 6.10 Å². The van der Waals surface area contributed by atoms with Gasteiger partial charge in [0.15, 0.2) is 0 Å². The minimum absolute atomic E-state index is 0.290. The second-order valence-corrected chi connectivity index (χ2v) is 2.15. The summed E-state index contributed by atoms with van der Waals surface area (Å²) in [5, 5.41) is 9.06. The van der Waals surface area contributed by atoms with Crippen LogP contribution in [0.3, 0.4) is 0 Å². The van der Waals surface area contributed by atoms with Crippen molar-refractivity contribution in [1.29, 1.82) is 0 Å². The largest absolute Gasteiger partial charge is 0.390 e. The molecule has 0 radical (unpaired) electrons. The first-order chi connectivity index (χ1) is 4.83. The van der Waals surface area contributed by atoms with Gasteiger partial charge in [0, 0.05) is 18.9 Å². The van der Waals surface area contributed by atoms with Crippen molar-refractivity contribution < 1.29 is 5.11 Å². The average molecular weight is 141 g/mol. The molecule has 0 saturated heterocycles. The van der Waals surface area contributed by atoms with Crippen molar-refractivity contribution in [2.45, 2.75) is 12.6 Å². The highest BCUT2D eigenvalue weighted by Crippen LogP contribution is 1.89. The molecule has 0 aliphatic heterocycles. The first-order valence-electron chi connectivity index (χ1n) is 3.17. The Hall–Kier alpha value is -0.870. The van der Waals surface area contributed by atoms with Crippen LogP contribution < -0.4 is 5.73 Å². The lowest BCUT2D eigenvalue weighted by Crippen LogP contribution is -2.24. The van der Waals surface area contributed by atoms with E-state index in [1.165, 1.54) is 0 Å². The van der Waals surface area contributed by atoms with Crippen molar-refractivity contribution in [2.24, 2.45) is 5.73 Å². The van der Waals surface area contributed by atoms with Crippen molar-refractivity contribution in [2.75, 3.05) is 6.54 Å². The molecule has 0 spiro atoms. The summed E-state index contributed by atoms with van der Waals surface area (Å²) in [4.78, 5) is 3.82. The summed E-state index contributed by atoms with van der Waals surface area (Å²) >= 11 is 0. The molecule has 3 N–H and O–H groups in total. The summed E-state index contributed by atoms with van der Waals surface area (Å²) in [5.74, 6) is 0. The highest BCUT2D eigenvalue weighted by atomic mass is 16.3. The molecule has 0 aromatic carbocycles. The molecule has 4 nitrogen and oxygen atoms in total. The van der Waals surface area contributed by atoms with Crippen LogP contribution in [-0.2, 0) is 6.54 Å². The lowest BCUT2D eigenvalue weighted by Gasteiger charge is -2.06. The number of rotatable bonds is 3. The van der Waals surface area contributed by atoms with Gasteiger partial charge in [0.2, 0.25) is 0 Å². The van der Waals surface area contributed by atoms with Gasteiger partial charge in [-0.15, -0.1) is 0 Å². The minimum Gasteiger partial charge on any atom is -0.390 e. The molecule has 10 heavy (non-hydrogen) atoms. The van der Waals surface area contributed by atoms with Crippen molar-refractivity contribution in [3.8, 4) is 0 Å². The molecule has 0 unspecified atom stereocenters. The Balaban J connectivity index is 2.40. The van der Waals surface area contributed by atoms with Gasteiger partial charge in [-0.05, 0) is 0 Å². The van der Waals surface area contributed by atoms with Gasteiger partial charge >= 0.3 is 0 Å². The predicted octanol–water partition coefficient (Wildman–Crippen LogP) is -0.797. The Morgan fingerprint density at radius 3 is 3.00 bits per heavy atom. The Labute approximate surface area is 59.3 Å². The van der Waals surface area contributed by atoms with Crippen LogP contribution in [0.5, 0.6) is 0 Å². The Morgan fingerprint density at radius 1 is 1.70 bits per heavy atom. The van der Waals surface area contributed by atoms with Gasteiger partial charge < -0.3 is 15.4 Å². The summed E-state index contributed by atoms with van der Waals surface area (Å²) < 4.78 is 1.79. The van der Waals surface area contributed by atoms with Crippen LogP contribution in [0.2, 0.25) is 0 Å². The third-order valence-corrected chi connectivity index (χ3v) is 1.25. The number of hydrogen-bond acceptors (Lipinski definition) is 3. The van der Waals surface area contributed by atoms with Crippen molar-refractivity contribution in [3.63, 3.8) is 0 Å². The number of aromatic nitrogens is 2. The first kappa shape index (κ1) is 7.24. The SMILES string of the molecule is NC[C@H](O)Cn1ccnc1. The molecular weight excluding hydrogens is 130 g/mol. The summed E-state index contributed by atoms with van der Waals surface area (Å²) in [5.41, 5.74) is 5.20. The standard InChI is InChI=1S/C6H11N3O/c7-3-6(10)4-9-2-1-8-5-9/h1-2,5-6,10H,3-4,7H2/t6-/m0/s1. The number of nitrogens with two attached hydrogens (primary N) is 1. The fourth-order valence-corrected chi connectivity index (χ4v) is 0.713. The van der Waals surface area contributed by atoms with Gasteiger partial charge in [0.05, 0.1) is 19.0 Å². The smallest absolute Gasteiger partial charge is 0.0946 e. The van der Waals surface area contributed by atoms with Gasteiger partial charge in [-0.2, -0.15) is 0 Å². The van der Waals surface area contributed by atoms with E-state index in [9.17, 15) is 0 Å². The van der Waals surface area contributed by atoms with Crippen LogP contribution in [0.1, 0.15) is 0 Å². The lowest BCUT2D eigenvalue weighted by atomic mass is 10.3. The van der Waals surface area contributed by atoms with Gasteiger partial charge in [-0.3, -0.25) is 0 Å². The van der Waals surface area contributed by atoms with Crippen molar-refractivity contribution in [1.82, 2.24) is 9.55 Å². The highest BCUT2D eigenvalue weighted by Gasteiger charge is 1.99. The molecule has 0 saturated carbocycles. The van der Waals surface area contributed by atoms with Crippen LogP contribution in [0, 0.1) is 0 Å². The molecule has 56 valence electrons. The van der Waals surface area contributed by atoms with Gasteiger partial charge in [0.25, 0.3) is 0 Å². The predicted molar refractivity (Wildman–Crippen MR) is 37.3 cm³/mol. The van der Waals surface area contributed by atoms with Crippen LogP contribution in [0.4, 0.5) is 0 Å². The minimum atomic E-state index is -0.464. The highest BCUT2D eigenvalue weighted by molar-refractivity contribution is 4.75. The Bertz CT molecular complexity index is 173. The number of nitrogens with zero attached hydrogens (tertiary/aromatic N) is 2. The molecule has 4 heteroatoms. The lowest BCUT2D eigenvalue weighted by molar-refractivity contribution is 0.162. The van der Waals surface area contributed by atoms with Crippen LogP contribution >= 0.6 is 0 Å². The van der Waals surface area contributed by atoms with Crippen molar-refractivity contribution >= 4 is 0 Å². The summed E-state index contributed by atoms with van der Waals surface area (Å²) in [7, 11) is 0. The molecular formula is C6H11N3O. The van der Waals surface area contributed by atoms with Gasteiger partial charge in [-0.1, -0.05) is 0 Å². The molecule has 1 aromatic heterocycles. The molecule has 0 aliphatic carbocycles. The maximum atomic E-state index is 9.06. The number of imidazole rings is 1. The molecule has 1 aromatic rings. The van der Waals surface area contributed by atoms with Gasteiger partial charge in [-0.25, -0.2) is 4.98 Å². The third kappa shape index (κ3) is 1.82. The monoisotopic (exact) mass is 141 g/mol. The van der Waals surface area contributed by atoms with E-state index in [1.807, 2.05) is 0 Å². The first-order valence-corrected chi connectivity index (χ1v) is 3.17. The zero-order valence-corrected chi connectivity index (χ0v) is 5.64. The van der Waals surface area contributed by atoms with Crippen molar-refractivity contribution in [3.05, 3.63) is 18.7 Å². The molecule has 0 bridgehead atoms. The molecule has 0 fully saturated rings. The van der Waals surface area contributed by atoms with E-state index in [2.05, 4.69) is 4.98 Å². The van der Waals surface area contributed by atoms with E-state index in [0.717, 1.165) is 0 Å². The molecule has 0 aliphatic rings. The van der Waals surface area contributed by atoms with Crippen LogP contribution in [-0.4, -0.2) is 27.3 Å². The normalized spacial score (nSPS) is 13.4. The maximum Gasteiger partial charge on any atom is 0.0946 e. The Kier molecular flexibility index (Phi) is 2.42. The summed E-state index contributed by atoms with van der Waals surface area (Å²) in [6, 6.07) is 0. The number of aliphatic hydroxyl groups is 1. The number of aliphatic hydroxyl groups excluding tert-OH is 1. The van der Waals surface area contributed by atoms with Crippen LogP contribution in [0.15, 0.2) is 18.7 Å². The fourth-order valence-electron chi connectivity index (χ4n) is 0.713. The van der Waals surface area contributed by atoms with E-state index in [4.69, 9.17) is 10.8 Å². The molecule has 0 amide bonds. The second kappa shape index (κ2) is 3.34. The zero-order valence-electron chi connectivity index (χ0n) is 5.64. The third-order valence-electron chi connectivity index (χ3n) is 1.25. The van der Waals surface area contributed by atoms with Gasteiger partial charge in [0.1, 0.15) is 0 Å². The van der Waals surface area contributed by atoms with Crippen LogP contribution in [0.25, 0.3) is 0 Å². The average Bonchev–Trinajstić information content (AvgIpc) is 2.40. The summed E-state index contributed by atoms with van der Waals surface area (Å²) in [6.07, 6.45) is 4.65. The summed E-state index contributed by atoms with van der Waals surface area (Å²) in [6.45, 7) is 0.814. The molecule has 1 atom stereocenters. The molecule has 1 heterocycles. The van der Waals surface area contributed by atoms with E-state index in [-0.39, 0.29) is 6.54 Å². The Morgan fingerprint density at radius 2 is 2.50 bits per heavy atom. The maximum absolute atomic E-state index is 9.06. The fraction of sp³-hybridized carbons (Fsp3) is 0.500. The van der Waals surface area contributed by atoms with E-state index in [0.29, 0.717) is 6.54 Å². The van der Waals surface area contributed by atoms with E-state index >= 15 is 0 Å². The molecule has 1 rings (SSSR count). The topological polar surface area (TPSA) is 64.1 Å². The quantitative estimate of drug-likeness (QED) is 0.579. The van der Waals surface area contributed by atoms with E-state index in [1.54, 1.807) is 23.3 Å².